The molecule has 19 heavy (non-hydrogen) atoms. The first kappa shape index (κ1) is 13.8. The molecular formula is C15H15ClFNO. The van der Waals surface area contributed by atoms with Crippen molar-refractivity contribution in [3.63, 3.8) is 0 Å². The molecule has 0 aliphatic carbocycles. The lowest BCUT2D eigenvalue weighted by atomic mass is 10.1. The maximum Gasteiger partial charge on any atom is 0.124 e. The summed E-state index contributed by atoms with van der Waals surface area (Å²) in [5.41, 5.74) is 7.46. The lowest BCUT2D eigenvalue weighted by molar-refractivity contribution is 0.301. The van der Waals surface area contributed by atoms with Crippen LogP contribution in [0.25, 0.3) is 0 Å². The van der Waals surface area contributed by atoms with Crippen molar-refractivity contribution in [2.75, 3.05) is 0 Å². The lowest BCUT2D eigenvalue weighted by Crippen LogP contribution is -2.08. The minimum atomic E-state index is -0.314. The van der Waals surface area contributed by atoms with Gasteiger partial charge in [-0.15, -0.1) is 0 Å². The van der Waals surface area contributed by atoms with Gasteiger partial charge in [0.15, 0.2) is 0 Å². The van der Waals surface area contributed by atoms with Gasteiger partial charge in [-0.25, -0.2) is 4.39 Å². The van der Waals surface area contributed by atoms with Crippen LogP contribution in [-0.4, -0.2) is 0 Å². The third-order valence-corrected chi connectivity index (χ3v) is 3.02. The molecule has 0 spiro atoms. The summed E-state index contributed by atoms with van der Waals surface area (Å²) in [7, 11) is 0. The lowest BCUT2D eigenvalue weighted by Gasteiger charge is -2.14. The summed E-state index contributed by atoms with van der Waals surface area (Å²) in [5, 5.41) is 0.682. The Labute approximate surface area is 117 Å². The Morgan fingerprint density at radius 3 is 2.53 bits per heavy atom. The van der Waals surface area contributed by atoms with Gasteiger partial charge in [0.05, 0.1) is 0 Å². The molecule has 0 bridgehead atoms. The molecule has 0 amide bonds. The molecule has 1 atom stereocenters. The van der Waals surface area contributed by atoms with E-state index in [1.54, 1.807) is 25.1 Å². The predicted octanol–water partition coefficient (Wildman–Crippen LogP) is 4.08. The van der Waals surface area contributed by atoms with Crippen LogP contribution in [0.15, 0.2) is 42.5 Å². The molecule has 2 aromatic carbocycles. The van der Waals surface area contributed by atoms with Gasteiger partial charge < -0.3 is 10.5 Å². The maximum atomic E-state index is 13.2. The first-order valence-corrected chi connectivity index (χ1v) is 6.36. The molecule has 0 heterocycles. The van der Waals surface area contributed by atoms with Crippen molar-refractivity contribution in [3.8, 4) is 5.75 Å². The molecular weight excluding hydrogens is 265 g/mol. The van der Waals surface area contributed by atoms with Crippen LogP contribution in [0.3, 0.4) is 0 Å². The summed E-state index contributed by atoms with van der Waals surface area (Å²) in [5.74, 6) is 0.289. The van der Waals surface area contributed by atoms with Crippen LogP contribution in [0.2, 0.25) is 5.02 Å². The van der Waals surface area contributed by atoms with E-state index < -0.39 is 0 Å². The zero-order valence-electron chi connectivity index (χ0n) is 10.6. The van der Waals surface area contributed by atoms with Crippen molar-refractivity contribution in [3.05, 3.63) is 64.4 Å². The van der Waals surface area contributed by atoms with Gasteiger partial charge in [0.1, 0.15) is 18.2 Å². The summed E-state index contributed by atoms with van der Waals surface area (Å²) >= 11 is 5.81. The average Bonchev–Trinajstić information content (AvgIpc) is 2.39. The maximum absolute atomic E-state index is 13.2. The number of ether oxygens (including phenoxy) is 1. The number of benzene rings is 2. The molecule has 0 aromatic heterocycles. The highest BCUT2D eigenvalue weighted by molar-refractivity contribution is 6.30. The molecule has 0 saturated carbocycles. The monoisotopic (exact) mass is 279 g/mol. The Kier molecular flexibility index (Phi) is 4.40. The molecule has 0 fully saturated rings. The van der Waals surface area contributed by atoms with Gasteiger partial charge in [-0.2, -0.15) is 0 Å². The molecule has 1 unspecified atom stereocenters. The highest BCUT2D eigenvalue weighted by atomic mass is 35.5. The van der Waals surface area contributed by atoms with Crippen LogP contribution in [0, 0.1) is 5.82 Å². The molecule has 2 rings (SSSR count). The van der Waals surface area contributed by atoms with Crippen molar-refractivity contribution in [1.82, 2.24) is 0 Å². The first-order chi connectivity index (χ1) is 9.06. The second kappa shape index (κ2) is 6.04. The third kappa shape index (κ3) is 3.69. The van der Waals surface area contributed by atoms with Crippen LogP contribution in [0.5, 0.6) is 5.75 Å². The number of hydrogen-bond donors (Lipinski definition) is 1. The SMILES string of the molecule is CC(N)c1cc(F)ccc1OCc1ccc(Cl)cc1. The Balaban J connectivity index is 2.13. The summed E-state index contributed by atoms with van der Waals surface area (Å²) in [6.07, 6.45) is 0. The fourth-order valence-electron chi connectivity index (χ4n) is 1.75. The van der Waals surface area contributed by atoms with E-state index in [0.717, 1.165) is 5.56 Å². The summed E-state index contributed by atoms with van der Waals surface area (Å²) in [6.45, 7) is 2.19. The van der Waals surface area contributed by atoms with E-state index in [-0.39, 0.29) is 11.9 Å². The number of rotatable bonds is 4. The Morgan fingerprint density at radius 2 is 1.89 bits per heavy atom. The van der Waals surface area contributed by atoms with E-state index in [2.05, 4.69) is 0 Å². The second-order valence-corrected chi connectivity index (χ2v) is 4.82. The summed E-state index contributed by atoms with van der Waals surface area (Å²) in [6, 6.07) is 11.5. The Bertz CT molecular complexity index is 555. The van der Waals surface area contributed by atoms with Gasteiger partial charge in [-0.1, -0.05) is 23.7 Å². The number of nitrogens with two attached hydrogens (primary N) is 1. The molecule has 0 radical (unpaired) electrons. The van der Waals surface area contributed by atoms with Crippen LogP contribution in [-0.2, 0) is 6.61 Å². The minimum Gasteiger partial charge on any atom is -0.489 e. The zero-order chi connectivity index (χ0) is 13.8. The standard InChI is InChI=1S/C15H15ClFNO/c1-10(18)14-8-13(17)6-7-15(14)19-9-11-2-4-12(16)5-3-11/h2-8,10H,9,18H2,1H3. The van der Waals surface area contributed by atoms with Gasteiger partial charge in [-0.05, 0) is 42.8 Å². The number of hydrogen-bond acceptors (Lipinski definition) is 2. The summed E-state index contributed by atoms with van der Waals surface area (Å²) < 4.78 is 18.9. The smallest absolute Gasteiger partial charge is 0.124 e. The van der Waals surface area contributed by atoms with Crippen molar-refractivity contribution in [2.45, 2.75) is 19.6 Å². The predicted molar refractivity (Wildman–Crippen MR) is 74.8 cm³/mol. The summed E-state index contributed by atoms with van der Waals surface area (Å²) in [4.78, 5) is 0. The van der Waals surface area contributed by atoms with Crippen LogP contribution in [0.4, 0.5) is 4.39 Å². The van der Waals surface area contributed by atoms with Crippen LogP contribution >= 0.6 is 11.6 Å². The largest absolute Gasteiger partial charge is 0.489 e. The second-order valence-electron chi connectivity index (χ2n) is 4.39. The Hall–Kier alpha value is -1.58. The van der Waals surface area contributed by atoms with E-state index in [0.29, 0.717) is 22.9 Å². The van der Waals surface area contributed by atoms with E-state index in [1.165, 1.54) is 12.1 Å². The molecule has 2 aromatic rings. The molecule has 2 N–H and O–H groups in total. The quantitative estimate of drug-likeness (QED) is 0.915. The van der Waals surface area contributed by atoms with Gasteiger partial charge in [0.2, 0.25) is 0 Å². The molecule has 100 valence electrons. The van der Waals surface area contributed by atoms with Crippen molar-refractivity contribution in [1.29, 1.82) is 0 Å². The average molecular weight is 280 g/mol. The van der Waals surface area contributed by atoms with Crippen molar-refractivity contribution < 1.29 is 9.13 Å². The first-order valence-electron chi connectivity index (χ1n) is 5.98. The highest BCUT2D eigenvalue weighted by Crippen LogP contribution is 2.25. The van der Waals surface area contributed by atoms with Gasteiger partial charge in [-0.3, -0.25) is 0 Å². The Morgan fingerprint density at radius 1 is 1.21 bits per heavy atom. The zero-order valence-corrected chi connectivity index (χ0v) is 11.3. The van der Waals surface area contributed by atoms with Gasteiger partial charge in [0, 0.05) is 16.6 Å². The van der Waals surface area contributed by atoms with Gasteiger partial charge >= 0.3 is 0 Å². The third-order valence-electron chi connectivity index (χ3n) is 2.77. The molecule has 0 aliphatic rings. The molecule has 4 heteroatoms. The van der Waals surface area contributed by atoms with Crippen molar-refractivity contribution >= 4 is 11.6 Å². The fourth-order valence-corrected chi connectivity index (χ4v) is 1.87. The molecule has 0 saturated heterocycles. The minimum absolute atomic E-state index is 0.282. The molecule has 2 nitrogen and oxygen atoms in total. The van der Waals surface area contributed by atoms with Crippen LogP contribution in [0.1, 0.15) is 24.1 Å². The normalized spacial score (nSPS) is 12.2. The van der Waals surface area contributed by atoms with Gasteiger partial charge in [0.25, 0.3) is 0 Å². The molecule has 0 aliphatic heterocycles. The fraction of sp³-hybridized carbons (Fsp3) is 0.200. The van der Waals surface area contributed by atoms with Crippen LogP contribution < -0.4 is 10.5 Å². The topological polar surface area (TPSA) is 35.2 Å². The number of halogens is 2. The van der Waals surface area contributed by atoms with E-state index in [9.17, 15) is 4.39 Å². The van der Waals surface area contributed by atoms with E-state index in [1.807, 2.05) is 12.1 Å². The van der Waals surface area contributed by atoms with E-state index >= 15 is 0 Å². The highest BCUT2D eigenvalue weighted by Gasteiger charge is 2.09. The van der Waals surface area contributed by atoms with Crippen molar-refractivity contribution in [2.24, 2.45) is 5.73 Å². The van der Waals surface area contributed by atoms with E-state index in [4.69, 9.17) is 22.1 Å².